The fraction of sp³-hybridized carbons (Fsp3) is 0.167. The van der Waals surface area contributed by atoms with E-state index in [1.807, 2.05) is 47.6 Å². The quantitative estimate of drug-likeness (QED) is 0.442. The first kappa shape index (κ1) is 19.8. The average molecular weight is 444 g/mol. The van der Waals surface area contributed by atoms with Crippen LogP contribution in [0.5, 0.6) is 0 Å². The van der Waals surface area contributed by atoms with Gasteiger partial charge in [-0.1, -0.05) is 48.5 Å². The first-order chi connectivity index (χ1) is 15.3. The number of thiophene rings is 1. The summed E-state index contributed by atoms with van der Waals surface area (Å²) in [6.07, 6.45) is 3.49. The zero-order chi connectivity index (χ0) is 21.0. The van der Waals surface area contributed by atoms with Crippen molar-refractivity contribution in [1.82, 2.24) is 20.3 Å². The molecule has 0 radical (unpaired) electrons. The van der Waals surface area contributed by atoms with Gasteiger partial charge in [0.05, 0.1) is 33.5 Å². The monoisotopic (exact) mass is 443 g/mol. The van der Waals surface area contributed by atoms with Gasteiger partial charge in [0, 0.05) is 13.0 Å². The summed E-state index contributed by atoms with van der Waals surface area (Å²) in [5.74, 6) is 0. The smallest absolute Gasteiger partial charge is 0.190 e. The van der Waals surface area contributed by atoms with E-state index in [-0.39, 0.29) is 6.04 Å². The number of para-hydroxylation sites is 2. The molecule has 1 atom stereocenters. The maximum atomic E-state index is 5.75. The van der Waals surface area contributed by atoms with Crippen LogP contribution in [-0.2, 0) is 6.42 Å². The summed E-state index contributed by atoms with van der Waals surface area (Å²) in [4.78, 5) is 10.6. The Morgan fingerprint density at radius 2 is 1.84 bits per heavy atom. The van der Waals surface area contributed by atoms with Crippen molar-refractivity contribution in [3.8, 4) is 0 Å². The molecule has 0 spiro atoms. The summed E-state index contributed by atoms with van der Waals surface area (Å²) in [5.41, 5.74) is 4.95. The molecule has 1 aliphatic heterocycles. The standard InChI is InChI=1S/C24H21N5S2/c30-24(25-13-12-17-7-2-1-3-8-17)29-22(15-20(28-29)23-11-6-14-31-23)21-16-26-18-9-4-5-10-19(18)27-21/h1-11,14,16,22H,12-13,15H2,(H,25,30)/t22-/m0/s1. The number of fused-ring (bicyclic) bond motifs is 1. The van der Waals surface area contributed by atoms with Crippen LogP contribution in [-0.4, -0.2) is 32.3 Å². The normalized spacial score (nSPS) is 15.8. The van der Waals surface area contributed by atoms with Gasteiger partial charge < -0.3 is 5.32 Å². The van der Waals surface area contributed by atoms with Gasteiger partial charge in [-0.25, -0.2) is 9.99 Å². The molecule has 2 aromatic heterocycles. The van der Waals surface area contributed by atoms with E-state index in [9.17, 15) is 0 Å². The predicted octanol–water partition coefficient (Wildman–Crippen LogP) is 4.96. The van der Waals surface area contributed by atoms with Gasteiger partial charge in [-0.15, -0.1) is 11.3 Å². The summed E-state index contributed by atoms with van der Waals surface area (Å²) < 4.78 is 0. The fourth-order valence-corrected chi connectivity index (χ4v) is 4.68. The molecule has 1 aliphatic rings. The third-order valence-electron chi connectivity index (χ3n) is 5.27. The molecule has 0 saturated carbocycles. The molecule has 5 nitrogen and oxygen atoms in total. The number of nitrogens with one attached hydrogen (secondary N) is 1. The molecule has 31 heavy (non-hydrogen) atoms. The lowest BCUT2D eigenvalue weighted by Crippen LogP contribution is -2.38. The summed E-state index contributed by atoms with van der Waals surface area (Å²) >= 11 is 7.44. The predicted molar refractivity (Wildman–Crippen MR) is 130 cm³/mol. The Kier molecular flexibility index (Phi) is 5.69. The Hall–Kier alpha value is -3.16. The van der Waals surface area contributed by atoms with Gasteiger partial charge in [0.2, 0.25) is 0 Å². The molecule has 5 rings (SSSR count). The number of aromatic nitrogens is 2. The molecular formula is C24H21N5S2. The Labute approximate surface area is 190 Å². The van der Waals surface area contributed by atoms with E-state index < -0.39 is 0 Å². The van der Waals surface area contributed by atoms with Crippen LogP contribution in [0.1, 0.15) is 28.6 Å². The van der Waals surface area contributed by atoms with E-state index in [0.29, 0.717) is 5.11 Å². The van der Waals surface area contributed by atoms with Gasteiger partial charge in [-0.2, -0.15) is 5.10 Å². The number of hydrogen-bond acceptors (Lipinski definition) is 5. The van der Waals surface area contributed by atoms with E-state index in [2.05, 4.69) is 46.0 Å². The highest BCUT2D eigenvalue weighted by Crippen LogP contribution is 2.33. The molecule has 0 fully saturated rings. The summed E-state index contributed by atoms with van der Waals surface area (Å²) in [6, 6.07) is 22.4. The minimum Gasteiger partial charge on any atom is -0.361 e. The van der Waals surface area contributed by atoms with Crippen LogP contribution in [0.25, 0.3) is 11.0 Å². The van der Waals surface area contributed by atoms with Gasteiger partial charge in [-0.3, -0.25) is 4.98 Å². The van der Waals surface area contributed by atoms with Crippen LogP contribution in [0.15, 0.2) is 83.4 Å². The first-order valence-corrected chi connectivity index (χ1v) is 11.5. The molecule has 3 heterocycles. The number of benzene rings is 2. The van der Waals surface area contributed by atoms with Crippen LogP contribution in [0.4, 0.5) is 0 Å². The molecule has 0 amide bonds. The van der Waals surface area contributed by atoms with Gasteiger partial charge in [0.25, 0.3) is 0 Å². The van der Waals surface area contributed by atoms with E-state index in [4.69, 9.17) is 22.3 Å². The molecule has 0 aliphatic carbocycles. The van der Waals surface area contributed by atoms with Gasteiger partial charge in [-0.05, 0) is 47.8 Å². The van der Waals surface area contributed by atoms with Crippen LogP contribution in [0, 0.1) is 0 Å². The highest BCUT2D eigenvalue weighted by atomic mass is 32.1. The second-order valence-corrected chi connectivity index (χ2v) is 8.67. The zero-order valence-electron chi connectivity index (χ0n) is 16.8. The van der Waals surface area contributed by atoms with Crippen molar-refractivity contribution in [1.29, 1.82) is 0 Å². The molecule has 1 N–H and O–H groups in total. The molecule has 0 saturated heterocycles. The number of nitrogens with zero attached hydrogens (tertiary/aromatic N) is 4. The molecule has 154 valence electrons. The second kappa shape index (κ2) is 8.91. The molecule has 2 aromatic carbocycles. The molecule has 7 heteroatoms. The van der Waals surface area contributed by atoms with Crippen molar-refractivity contribution in [2.75, 3.05) is 6.54 Å². The third-order valence-corrected chi connectivity index (χ3v) is 6.52. The van der Waals surface area contributed by atoms with Crippen molar-refractivity contribution < 1.29 is 0 Å². The van der Waals surface area contributed by atoms with E-state index in [1.54, 1.807) is 11.3 Å². The highest BCUT2D eigenvalue weighted by Gasteiger charge is 2.33. The lowest BCUT2D eigenvalue weighted by molar-refractivity contribution is 0.357. The van der Waals surface area contributed by atoms with Gasteiger partial charge >= 0.3 is 0 Å². The minimum absolute atomic E-state index is 0.0778. The maximum Gasteiger partial charge on any atom is 0.190 e. The molecule has 4 aromatic rings. The first-order valence-electron chi connectivity index (χ1n) is 10.2. The van der Waals surface area contributed by atoms with Crippen molar-refractivity contribution in [3.05, 3.63) is 94.4 Å². The average Bonchev–Trinajstić information content (AvgIpc) is 3.50. The highest BCUT2D eigenvalue weighted by molar-refractivity contribution is 7.80. The van der Waals surface area contributed by atoms with E-state index in [0.717, 1.165) is 46.7 Å². The minimum atomic E-state index is -0.0778. The van der Waals surface area contributed by atoms with Crippen LogP contribution in [0.3, 0.4) is 0 Å². The van der Waals surface area contributed by atoms with Crippen LogP contribution in [0.2, 0.25) is 0 Å². The van der Waals surface area contributed by atoms with Crippen molar-refractivity contribution >= 4 is 45.4 Å². The number of hydrogen-bond donors (Lipinski definition) is 1. The lowest BCUT2D eigenvalue weighted by Gasteiger charge is -2.24. The Balaban J connectivity index is 1.38. The Morgan fingerprint density at radius 3 is 2.65 bits per heavy atom. The summed E-state index contributed by atoms with van der Waals surface area (Å²) in [5, 5.41) is 12.8. The summed E-state index contributed by atoms with van der Waals surface area (Å²) in [7, 11) is 0. The fourth-order valence-electron chi connectivity index (χ4n) is 3.69. The van der Waals surface area contributed by atoms with Crippen molar-refractivity contribution in [3.63, 3.8) is 0 Å². The van der Waals surface area contributed by atoms with Crippen LogP contribution >= 0.6 is 23.6 Å². The van der Waals surface area contributed by atoms with E-state index >= 15 is 0 Å². The second-order valence-electron chi connectivity index (χ2n) is 7.34. The van der Waals surface area contributed by atoms with Crippen LogP contribution < -0.4 is 5.32 Å². The molecule has 0 bridgehead atoms. The third kappa shape index (κ3) is 4.33. The maximum absolute atomic E-state index is 5.75. The lowest BCUT2D eigenvalue weighted by atomic mass is 10.1. The zero-order valence-corrected chi connectivity index (χ0v) is 18.4. The largest absolute Gasteiger partial charge is 0.361 e. The van der Waals surface area contributed by atoms with E-state index in [1.165, 1.54) is 5.56 Å². The number of rotatable bonds is 5. The molecule has 0 unspecified atom stereocenters. The Morgan fingerprint density at radius 1 is 1.03 bits per heavy atom. The Bertz CT molecular complexity index is 1220. The van der Waals surface area contributed by atoms with Crippen molar-refractivity contribution in [2.45, 2.75) is 18.9 Å². The number of hydrazone groups is 1. The van der Waals surface area contributed by atoms with Crippen molar-refractivity contribution in [2.24, 2.45) is 5.10 Å². The van der Waals surface area contributed by atoms with Gasteiger partial charge in [0.1, 0.15) is 6.04 Å². The SMILES string of the molecule is S=C(NCCc1ccccc1)N1N=C(c2cccs2)C[C@H]1c1cnc2ccccc2n1. The topological polar surface area (TPSA) is 53.4 Å². The van der Waals surface area contributed by atoms with Gasteiger partial charge in [0.15, 0.2) is 5.11 Å². The summed E-state index contributed by atoms with van der Waals surface area (Å²) in [6.45, 7) is 0.749. The number of thiocarbonyl (C=S) groups is 1. The molecular weight excluding hydrogens is 422 g/mol.